The SMILES string of the molecule is C=CCc1ccccc1OCCOc1c(Cl)cc(/C=N\Nc2cc(N(C)C)nc(N(C)C)n2)cc1Cl. The van der Waals surface area contributed by atoms with Crippen LogP contribution in [0.25, 0.3) is 0 Å². The molecular formula is C26H30Cl2N6O2. The zero-order chi connectivity index (χ0) is 26.1. The van der Waals surface area contributed by atoms with Crippen molar-refractivity contribution < 1.29 is 9.47 Å². The van der Waals surface area contributed by atoms with Crippen molar-refractivity contribution in [3.05, 3.63) is 76.3 Å². The maximum absolute atomic E-state index is 6.43. The number of hydrazone groups is 1. The van der Waals surface area contributed by atoms with Gasteiger partial charge in [-0.1, -0.05) is 47.5 Å². The van der Waals surface area contributed by atoms with E-state index in [0.29, 0.717) is 39.7 Å². The minimum atomic E-state index is 0.285. The van der Waals surface area contributed by atoms with Gasteiger partial charge in [-0.15, -0.1) is 6.58 Å². The highest BCUT2D eigenvalue weighted by atomic mass is 35.5. The highest BCUT2D eigenvalue weighted by Crippen LogP contribution is 2.34. The third-order valence-electron chi connectivity index (χ3n) is 4.90. The first-order valence-corrected chi connectivity index (χ1v) is 12.0. The molecule has 0 unspecified atom stereocenters. The molecule has 0 amide bonds. The van der Waals surface area contributed by atoms with E-state index in [4.69, 9.17) is 32.7 Å². The third-order valence-corrected chi connectivity index (χ3v) is 5.46. The van der Waals surface area contributed by atoms with E-state index in [1.807, 2.05) is 68.3 Å². The Kier molecular flexibility index (Phi) is 9.78. The van der Waals surface area contributed by atoms with Gasteiger partial charge in [-0.2, -0.15) is 15.1 Å². The molecule has 36 heavy (non-hydrogen) atoms. The number of ether oxygens (including phenoxy) is 2. The first-order chi connectivity index (χ1) is 17.3. The number of halogens is 2. The molecule has 3 aromatic rings. The van der Waals surface area contributed by atoms with Crippen molar-refractivity contribution in [3.63, 3.8) is 0 Å². The lowest BCUT2D eigenvalue weighted by Crippen LogP contribution is -2.17. The van der Waals surface area contributed by atoms with Crippen molar-refractivity contribution in [2.45, 2.75) is 6.42 Å². The number of allylic oxidation sites excluding steroid dienone is 1. The van der Waals surface area contributed by atoms with Crippen LogP contribution in [0.4, 0.5) is 17.6 Å². The van der Waals surface area contributed by atoms with Gasteiger partial charge in [0.1, 0.15) is 24.8 Å². The molecule has 0 atom stereocenters. The minimum absolute atomic E-state index is 0.285. The van der Waals surface area contributed by atoms with Gasteiger partial charge in [0.15, 0.2) is 11.6 Å². The molecule has 0 spiro atoms. The molecular weight excluding hydrogens is 499 g/mol. The van der Waals surface area contributed by atoms with Gasteiger partial charge in [0.2, 0.25) is 5.95 Å². The maximum atomic E-state index is 6.43. The Balaban J connectivity index is 1.61. The second-order valence-electron chi connectivity index (χ2n) is 8.18. The fourth-order valence-corrected chi connectivity index (χ4v) is 3.75. The molecule has 2 aromatic carbocycles. The first-order valence-electron chi connectivity index (χ1n) is 11.2. The van der Waals surface area contributed by atoms with Crippen molar-refractivity contribution in [2.75, 3.05) is 56.6 Å². The van der Waals surface area contributed by atoms with Crippen LogP contribution in [0.5, 0.6) is 11.5 Å². The lowest BCUT2D eigenvalue weighted by atomic mass is 10.1. The van der Waals surface area contributed by atoms with Crippen LogP contribution in [0.15, 0.2) is 60.2 Å². The van der Waals surface area contributed by atoms with Crippen LogP contribution in [0.2, 0.25) is 10.0 Å². The molecule has 10 heteroatoms. The highest BCUT2D eigenvalue weighted by molar-refractivity contribution is 6.37. The first kappa shape index (κ1) is 27.1. The predicted molar refractivity (Wildman–Crippen MR) is 150 cm³/mol. The van der Waals surface area contributed by atoms with Gasteiger partial charge >= 0.3 is 0 Å². The van der Waals surface area contributed by atoms with Crippen molar-refractivity contribution in [3.8, 4) is 11.5 Å². The van der Waals surface area contributed by atoms with Gasteiger partial charge in [-0.25, -0.2) is 0 Å². The van der Waals surface area contributed by atoms with Gasteiger partial charge in [-0.3, -0.25) is 5.43 Å². The van der Waals surface area contributed by atoms with Crippen molar-refractivity contribution in [1.29, 1.82) is 0 Å². The Bertz CT molecular complexity index is 1170. The molecule has 0 saturated carbocycles. The molecule has 0 bridgehead atoms. The van der Waals surface area contributed by atoms with E-state index in [1.165, 1.54) is 0 Å². The minimum Gasteiger partial charge on any atom is -0.490 e. The van der Waals surface area contributed by atoms with Crippen LogP contribution in [0.3, 0.4) is 0 Å². The third kappa shape index (κ3) is 7.50. The lowest BCUT2D eigenvalue weighted by molar-refractivity contribution is 0.216. The maximum Gasteiger partial charge on any atom is 0.228 e. The number of nitrogens with one attached hydrogen (secondary N) is 1. The summed E-state index contributed by atoms with van der Waals surface area (Å²) in [6.45, 7) is 4.41. The van der Waals surface area contributed by atoms with Crippen LogP contribution < -0.4 is 24.7 Å². The van der Waals surface area contributed by atoms with Gasteiger partial charge in [0.25, 0.3) is 0 Å². The average molecular weight is 529 g/mol. The quantitative estimate of drug-likeness (QED) is 0.143. The van der Waals surface area contributed by atoms with Crippen molar-refractivity contribution >= 4 is 47.0 Å². The molecule has 0 aliphatic carbocycles. The fourth-order valence-electron chi connectivity index (χ4n) is 3.14. The van der Waals surface area contributed by atoms with E-state index in [9.17, 15) is 0 Å². The predicted octanol–water partition coefficient (Wildman–Crippen LogP) is 5.55. The Labute approximate surface area is 222 Å². The standard InChI is InChI=1S/C26H30Cl2N6O2/c1-6-9-19-10-7-8-11-22(19)35-12-13-36-25-20(27)14-18(15-21(25)28)17-29-32-23-16-24(33(2)3)31-26(30-23)34(4)5/h6-8,10-11,14-17H,1,9,12-13H2,2-5H3,(H,30,31,32)/b29-17-. The molecule has 8 nitrogen and oxygen atoms in total. The number of benzene rings is 2. The highest BCUT2D eigenvalue weighted by Gasteiger charge is 2.11. The number of hydrogen-bond acceptors (Lipinski definition) is 8. The molecule has 0 fully saturated rings. The Morgan fingerprint density at radius 2 is 1.67 bits per heavy atom. The van der Waals surface area contributed by atoms with Crippen LogP contribution in [-0.4, -0.2) is 57.6 Å². The smallest absolute Gasteiger partial charge is 0.228 e. The fraction of sp³-hybridized carbons (Fsp3) is 0.269. The summed E-state index contributed by atoms with van der Waals surface area (Å²) < 4.78 is 11.6. The topological polar surface area (TPSA) is 75.1 Å². The van der Waals surface area contributed by atoms with Crippen molar-refractivity contribution in [2.24, 2.45) is 5.10 Å². The van der Waals surface area contributed by atoms with E-state index in [1.54, 1.807) is 24.4 Å². The van der Waals surface area contributed by atoms with E-state index in [-0.39, 0.29) is 6.61 Å². The second kappa shape index (κ2) is 13.0. The zero-order valence-electron chi connectivity index (χ0n) is 20.8. The molecule has 1 heterocycles. The summed E-state index contributed by atoms with van der Waals surface area (Å²) in [5.74, 6) is 3.08. The van der Waals surface area contributed by atoms with Crippen LogP contribution >= 0.6 is 23.2 Å². The number of nitrogens with zero attached hydrogens (tertiary/aromatic N) is 5. The van der Waals surface area contributed by atoms with Gasteiger partial charge in [-0.05, 0) is 35.7 Å². The molecule has 1 N–H and O–H groups in total. The van der Waals surface area contributed by atoms with Gasteiger partial charge < -0.3 is 19.3 Å². The van der Waals surface area contributed by atoms with Gasteiger partial charge in [0, 0.05) is 34.3 Å². The zero-order valence-corrected chi connectivity index (χ0v) is 22.3. The van der Waals surface area contributed by atoms with Crippen LogP contribution in [0.1, 0.15) is 11.1 Å². The molecule has 0 aliphatic rings. The summed E-state index contributed by atoms with van der Waals surface area (Å²) >= 11 is 12.9. The van der Waals surface area contributed by atoms with Crippen LogP contribution in [-0.2, 0) is 6.42 Å². The van der Waals surface area contributed by atoms with E-state index >= 15 is 0 Å². The number of anilines is 3. The number of hydrogen-bond donors (Lipinski definition) is 1. The normalized spacial score (nSPS) is 10.8. The molecule has 1 aromatic heterocycles. The van der Waals surface area contributed by atoms with Crippen molar-refractivity contribution in [1.82, 2.24) is 9.97 Å². The van der Waals surface area contributed by atoms with Gasteiger partial charge in [0.05, 0.1) is 16.3 Å². The summed E-state index contributed by atoms with van der Waals surface area (Å²) in [4.78, 5) is 12.6. The number of aromatic nitrogens is 2. The van der Waals surface area contributed by atoms with Crippen LogP contribution in [0, 0.1) is 0 Å². The van der Waals surface area contributed by atoms with E-state index in [2.05, 4.69) is 27.1 Å². The monoisotopic (exact) mass is 528 g/mol. The summed E-state index contributed by atoms with van der Waals surface area (Å²) in [5.41, 5.74) is 4.70. The summed E-state index contributed by atoms with van der Waals surface area (Å²) in [6, 6.07) is 13.1. The summed E-state index contributed by atoms with van der Waals surface area (Å²) in [5, 5.41) is 5.02. The Hall–Kier alpha value is -3.49. The molecule has 0 radical (unpaired) electrons. The van der Waals surface area contributed by atoms with E-state index < -0.39 is 0 Å². The van der Waals surface area contributed by atoms with E-state index in [0.717, 1.165) is 23.6 Å². The summed E-state index contributed by atoms with van der Waals surface area (Å²) in [6.07, 6.45) is 4.18. The average Bonchev–Trinajstić information content (AvgIpc) is 2.84. The number of rotatable bonds is 12. The summed E-state index contributed by atoms with van der Waals surface area (Å²) in [7, 11) is 7.58. The lowest BCUT2D eigenvalue weighted by Gasteiger charge is -2.17. The Morgan fingerprint density at radius 1 is 0.972 bits per heavy atom. The number of para-hydroxylation sites is 1. The molecule has 0 saturated heterocycles. The second-order valence-corrected chi connectivity index (χ2v) is 9.00. The molecule has 0 aliphatic heterocycles. The Morgan fingerprint density at radius 3 is 2.33 bits per heavy atom. The largest absolute Gasteiger partial charge is 0.490 e. The molecule has 3 rings (SSSR count). The molecule has 190 valence electrons.